The van der Waals surface area contributed by atoms with Gasteiger partial charge in [-0.3, -0.25) is 4.90 Å². The van der Waals surface area contributed by atoms with Crippen LogP contribution in [0.4, 0.5) is 0 Å². The molecule has 1 saturated heterocycles. The molecule has 108 valence electrons. The van der Waals surface area contributed by atoms with Crippen LogP contribution in [0, 0.1) is 5.92 Å². The fourth-order valence-corrected chi connectivity index (χ4v) is 2.82. The lowest BCUT2D eigenvalue weighted by molar-refractivity contribution is 0.0894. The molecule has 1 N–H and O–H groups in total. The third-order valence-corrected chi connectivity index (χ3v) is 4.10. The first-order chi connectivity index (χ1) is 8.67. The Bertz CT molecular complexity index is 209. The van der Waals surface area contributed by atoms with Crippen LogP contribution in [-0.4, -0.2) is 50.3 Å². The number of likely N-dealkylation sites (tertiary alicyclic amines) is 1. The fraction of sp³-hybridized carbons (Fsp3) is 1.00. The quantitative estimate of drug-likeness (QED) is 0.757. The van der Waals surface area contributed by atoms with Crippen molar-refractivity contribution < 1.29 is 4.74 Å². The SMILES string of the molecule is CCC1CCCN(C(CNC(C)C)COC)CC1. The molecule has 2 unspecified atom stereocenters. The highest BCUT2D eigenvalue weighted by Crippen LogP contribution is 2.21. The van der Waals surface area contributed by atoms with E-state index in [0.29, 0.717) is 12.1 Å². The molecule has 0 aromatic rings. The number of ether oxygens (including phenoxy) is 1. The predicted molar refractivity (Wildman–Crippen MR) is 78.0 cm³/mol. The van der Waals surface area contributed by atoms with E-state index >= 15 is 0 Å². The molecule has 0 aliphatic carbocycles. The van der Waals surface area contributed by atoms with E-state index in [-0.39, 0.29) is 0 Å². The largest absolute Gasteiger partial charge is 0.383 e. The van der Waals surface area contributed by atoms with Gasteiger partial charge in [0.25, 0.3) is 0 Å². The van der Waals surface area contributed by atoms with E-state index in [4.69, 9.17) is 4.74 Å². The maximum Gasteiger partial charge on any atom is 0.0630 e. The lowest BCUT2D eigenvalue weighted by Crippen LogP contribution is -2.47. The summed E-state index contributed by atoms with van der Waals surface area (Å²) in [5, 5.41) is 3.55. The van der Waals surface area contributed by atoms with E-state index in [1.807, 2.05) is 7.11 Å². The molecule has 0 aromatic carbocycles. The molecule has 3 heteroatoms. The van der Waals surface area contributed by atoms with Gasteiger partial charge in [-0.1, -0.05) is 27.2 Å². The maximum atomic E-state index is 5.40. The van der Waals surface area contributed by atoms with Gasteiger partial charge in [0, 0.05) is 25.7 Å². The number of nitrogens with zero attached hydrogens (tertiary/aromatic N) is 1. The summed E-state index contributed by atoms with van der Waals surface area (Å²) in [5.74, 6) is 0.941. The number of methoxy groups -OCH3 is 1. The van der Waals surface area contributed by atoms with Crippen LogP contribution in [0.5, 0.6) is 0 Å². The molecule has 0 amide bonds. The lowest BCUT2D eigenvalue weighted by Gasteiger charge is -2.31. The molecule has 0 bridgehead atoms. The van der Waals surface area contributed by atoms with Gasteiger partial charge >= 0.3 is 0 Å². The van der Waals surface area contributed by atoms with Gasteiger partial charge in [-0.15, -0.1) is 0 Å². The van der Waals surface area contributed by atoms with E-state index in [1.165, 1.54) is 38.8 Å². The van der Waals surface area contributed by atoms with E-state index in [2.05, 4.69) is 31.0 Å². The Balaban J connectivity index is 2.45. The van der Waals surface area contributed by atoms with Crippen molar-refractivity contribution in [3.05, 3.63) is 0 Å². The third-order valence-electron chi connectivity index (χ3n) is 4.10. The summed E-state index contributed by atoms with van der Waals surface area (Å²) in [6.45, 7) is 11.1. The molecular weight excluding hydrogens is 224 g/mol. The smallest absolute Gasteiger partial charge is 0.0630 e. The van der Waals surface area contributed by atoms with Crippen LogP contribution >= 0.6 is 0 Å². The van der Waals surface area contributed by atoms with Crippen LogP contribution < -0.4 is 5.32 Å². The fourth-order valence-electron chi connectivity index (χ4n) is 2.82. The minimum Gasteiger partial charge on any atom is -0.383 e. The van der Waals surface area contributed by atoms with Crippen LogP contribution in [-0.2, 0) is 4.74 Å². The average Bonchev–Trinajstić information content (AvgIpc) is 2.59. The Morgan fingerprint density at radius 3 is 2.67 bits per heavy atom. The van der Waals surface area contributed by atoms with Gasteiger partial charge < -0.3 is 10.1 Å². The summed E-state index contributed by atoms with van der Waals surface area (Å²) in [6, 6.07) is 1.09. The summed E-state index contributed by atoms with van der Waals surface area (Å²) >= 11 is 0. The van der Waals surface area contributed by atoms with Crippen molar-refractivity contribution in [1.82, 2.24) is 10.2 Å². The van der Waals surface area contributed by atoms with Crippen LogP contribution in [0.2, 0.25) is 0 Å². The summed E-state index contributed by atoms with van der Waals surface area (Å²) in [5.41, 5.74) is 0. The molecule has 1 aliphatic heterocycles. The van der Waals surface area contributed by atoms with Crippen molar-refractivity contribution in [2.75, 3.05) is 33.4 Å². The first-order valence-electron chi connectivity index (χ1n) is 7.63. The Hall–Kier alpha value is -0.120. The number of nitrogens with one attached hydrogen (secondary N) is 1. The van der Waals surface area contributed by atoms with E-state index < -0.39 is 0 Å². The van der Waals surface area contributed by atoms with Gasteiger partial charge in [0.15, 0.2) is 0 Å². The van der Waals surface area contributed by atoms with Crippen molar-refractivity contribution >= 4 is 0 Å². The van der Waals surface area contributed by atoms with Crippen LogP contribution in [0.25, 0.3) is 0 Å². The molecular formula is C15H32N2O. The maximum absolute atomic E-state index is 5.40. The summed E-state index contributed by atoms with van der Waals surface area (Å²) in [7, 11) is 1.81. The summed E-state index contributed by atoms with van der Waals surface area (Å²) < 4.78 is 5.40. The Labute approximate surface area is 113 Å². The second-order valence-electron chi connectivity index (χ2n) is 5.91. The second kappa shape index (κ2) is 8.89. The van der Waals surface area contributed by atoms with E-state index in [9.17, 15) is 0 Å². The molecule has 1 rings (SSSR count). The molecule has 0 aromatic heterocycles. The number of hydrogen-bond donors (Lipinski definition) is 1. The molecule has 2 atom stereocenters. The zero-order chi connectivity index (χ0) is 13.4. The summed E-state index contributed by atoms with van der Waals surface area (Å²) in [6.07, 6.45) is 5.45. The van der Waals surface area contributed by atoms with Crippen molar-refractivity contribution in [3.63, 3.8) is 0 Å². The highest BCUT2D eigenvalue weighted by Gasteiger charge is 2.22. The summed E-state index contributed by atoms with van der Waals surface area (Å²) in [4.78, 5) is 2.63. The molecule has 0 spiro atoms. The molecule has 0 radical (unpaired) electrons. The molecule has 18 heavy (non-hydrogen) atoms. The lowest BCUT2D eigenvalue weighted by atomic mass is 9.98. The van der Waals surface area contributed by atoms with Gasteiger partial charge in [-0.25, -0.2) is 0 Å². The highest BCUT2D eigenvalue weighted by atomic mass is 16.5. The third kappa shape index (κ3) is 5.68. The average molecular weight is 256 g/mol. The van der Waals surface area contributed by atoms with Crippen molar-refractivity contribution in [3.8, 4) is 0 Å². The van der Waals surface area contributed by atoms with Crippen molar-refractivity contribution in [1.29, 1.82) is 0 Å². The highest BCUT2D eigenvalue weighted by molar-refractivity contribution is 4.78. The zero-order valence-corrected chi connectivity index (χ0v) is 12.7. The standard InChI is InChI=1S/C15H32N2O/c1-5-14-7-6-9-17(10-8-14)15(12-18-4)11-16-13(2)3/h13-16H,5-12H2,1-4H3. The Morgan fingerprint density at radius 2 is 2.06 bits per heavy atom. The van der Waals surface area contributed by atoms with Crippen molar-refractivity contribution in [2.24, 2.45) is 5.92 Å². The van der Waals surface area contributed by atoms with Gasteiger partial charge in [0.2, 0.25) is 0 Å². The van der Waals surface area contributed by atoms with Gasteiger partial charge in [0.1, 0.15) is 0 Å². The minimum absolute atomic E-state index is 0.535. The van der Waals surface area contributed by atoms with Gasteiger partial charge in [-0.2, -0.15) is 0 Å². The Kier molecular flexibility index (Phi) is 7.87. The zero-order valence-electron chi connectivity index (χ0n) is 12.7. The van der Waals surface area contributed by atoms with Crippen LogP contribution in [0.1, 0.15) is 46.5 Å². The topological polar surface area (TPSA) is 24.5 Å². The first-order valence-corrected chi connectivity index (χ1v) is 7.63. The van der Waals surface area contributed by atoms with Crippen molar-refractivity contribution in [2.45, 2.75) is 58.5 Å². The molecule has 1 fully saturated rings. The molecule has 0 saturated carbocycles. The second-order valence-corrected chi connectivity index (χ2v) is 5.91. The molecule has 1 heterocycles. The predicted octanol–water partition coefficient (Wildman–Crippen LogP) is 2.51. The van der Waals surface area contributed by atoms with E-state index in [1.54, 1.807) is 0 Å². The molecule has 1 aliphatic rings. The number of hydrogen-bond acceptors (Lipinski definition) is 3. The van der Waals surface area contributed by atoms with Gasteiger partial charge in [0.05, 0.1) is 6.61 Å². The monoisotopic (exact) mass is 256 g/mol. The Morgan fingerprint density at radius 1 is 1.28 bits per heavy atom. The molecule has 3 nitrogen and oxygen atoms in total. The first kappa shape index (κ1) is 15.9. The number of rotatable bonds is 7. The van der Waals surface area contributed by atoms with Crippen LogP contribution in [0.3, 0.4) is 0 Å². The van der Waals surface area contributed by atoms with Gasteiger partial charge in [-0.05, 0) is 38.3 Å². The normalized spacial score (nSPS) is 24.2. The minimum atomic E-state index is 0.535. The van der Waals surface area contributed by atoms with E-state index in [0.717, 1.165) is 19.1 Å². The van der Waals surface area contributed by atoms with Crippen LogP contribution in [0.15, 0.2) is 0 Å².